The third-order valence-corrected chi connectivity index (χ3v) is 4.82. The first-order chi connectivity index (χ1) is 12.2. The van der Waals surface area contributed by atoms with Gasteiger partial charge in [-0.2, -0.15) is 0 Å². The Labute approximate surface area is 162 Å². The fraction of sp³-hybridized carbons (Fsp3) is 0.176. The molecule has 1 unspecified atom stereocenters. The van der Waals surface area contributed by atoms with Crippen LogP contribution in [0.5, 0.6) is 0 Å². The molecule has 3 amide bonds. The van der Waals surface area contributed by atoms with Crippen molar-refractivity contribution in [3.8, 4) is 0 Å². The molecule has 1 aliphatic heterocycles. The van der Waals surface area contributed by atoms with Crippen LogP contribution in [0.1, 0.15) is 12.5 Å². The number of nitro groups is 1. The second-order valence-electron chi connectivity index (χ2n) is 6.13. The number of nitrogens with zero attached hydrogens (tertiary/aromatic N) is 2. The number of anilines is 1. The first-order valence-electron chi connectivity index (χ1n) is 7.56. The molecule has 2 aromatic rings. The predicted octanol–water partition coefficient (Wildman–Crippen LogP) is 4.07. The molecule has 0 bridgehead atoms. The normalized spacial score (nSPS) is 19.6. The number of urea groups is 1. The lowest BCUT2D eigenvalue weighted by Crippen LogP contribution is -2.46. The van der Waals surface area contributed by atoms with Crippen LogP contribution in [-0.4, -0.2) is 22.4 Å². The number of rotatable bonds is 4. The van der Waals surface area contributed by atoms with Gasteiger partial charge in [0.1, 0.15) is 5.54 Å². The Bertz CT molecular complexity index is 919. The second kappa shape index (κ2) is 6.69. The molecule has 1 saturated heterocycles. The van der Waals surface area contributed by atoms with Gasteiger partial charge in [0.2, 0.25) is 0 Å². The number of carbonyl (C=O) groups is 2. The lowest BCUT2D eigenvalue weighted by Gasteiger charge is -2.22. The SMILES string of the molecule is CC1(Cc2ccc(Br)cc2)NC(=O)N(c2cc(Cl)cc([N+](=O)[O-])c2)C1=O. The zero-order valence-corrected chi connectivity index (χ0v) is 15.9. The van der Waals surface area contributed by atoms with E-state index in [1.807, 2.05) is 24.3 Å². The number of halogens is 2. The fourth-order valence-electron chi connectivity index (χ4n) is 2.84. The van der Waals surface area contributed by atoms with Gasteiger partial charge in [0.15, 0.2) is 0 Å². The van der Waals surface area contributed by atoms with Crippen molar-refractivity contribution in [2.45, 2.75) is 18.9 Å². The van der Waals surface area contributed by atoms with Crippen molar-refractivity contribution < 1.29 is 14.5 Å². The standard InChI is InChI=1S/C17H13BrClN3O4/c1-17(9-10-2-4-11(18)5-3-10)15(23)21(16(24)20-17)13-6-12(19)7-14(8-13)22(25)26/h2-8H,9H2,1H3,(H,20,24). The highest BCUT2D eigenvalue weighted by Gasteiger charge is 2.48. The van der Waals surface area contributed by atoms with Crippen molar-refractivity contribution in [3.63, 3.8) is 0 Å². The van der Waals surface area contributed by atoms with E-state index in [9.17, 15) is 19.7 Å². The van der Waals surface area contributed by atoms with Crippen LogP contribution in [0, 0.1) is 10.1 Å². The van der Waals surface area contributed by atoms with Crippen molar-refractivity contribution in [2.24, 2.45) is 0 Å². The van der Waals surface area contributed by atoms with Gasteiger partial charge < -0.3 is 5.32 Å². The minimum absolute atomic E-state index is 0.0613. The predicted molar refractivity (Wildman–Crippen MR) is 100 cm³/mol. The number of amides is 3. The monoisotopic (exact) mass is 437 g/mol. The Kier molecular flexibility index (Phi) is 4.72. The highest BCUT2D eigenvalue weighted by atomic mass is 79.9. The van der Waals surface area contributed by atoms with Crippen LogP contribution in [0.2, 0.25) is 5.02 Å². The first kappa shape index (κ1) is 18.3. The van der Waals surface area contributed by atoms with Crippen molar-refractivity contribution in [3.05, 3.63) is 67.6 Å². The maximum Gasteiger partial charge on any atom is 0.329 e. The highest BCUT2D eigenvalue weighted by molar-refractivity contribution is 9.10. The molecule has 134 valence electrons. The van der Waals surface area contributed by atoms with Crippen LogP contribution in [0.4, 0.5) is 16.2 Å². The van der Waals surface area contributed by atoms with E-state index in [4.69, 9.17) is 11.6 Å². The minimum Gasteiger partial charge on any atom is -0.323 e. The largest absolute Gasteiger partial charge is 0.329 e. The first-order valence-corrected chi connectivity index (χ1v) is 8.73. The van der Waals surface area contributed by atoms with Gasteiger partial charge in [-0.05, 0) is 30.7 Å². The molecule has 3 rings (SSSR count). The van der Waals surface area contributed by atoms with Gasteiger partial charge >= 0.3 is 6.03 Å². The van der Waals surface area contributed by atoms with Gasteiger partial charge in [-0.1, -0.05) is 39.7 Å². The zero-order chi connectivity index (χ0) is 19.1. The summed E-state index contributed by atoms with van der Waals surface area (Å²) in [6.07, 6.45) is 0.282. The Hall–Kier alpha value is -2.45. The Balaban J connectivity index is 1.94. The summed E-state index contributed by atoms with van der Waals surface area (Å²) in [5, 5.41) is 13.8. The number of nitro benzene ring substituents is 1. The molecule has 0 aromatic heterocycles. The van der Waals surface area contributed by atoms with Crippen LogP contribution in [0.15, 0.2) is 46.9 Å². The van der Waals surface area contributed by atoms with E-state index in [1.165, 1.54) is 6.07 Å². The summed E-state index contributed by atoms with van der Waals surface area (Å²) in [7, 11) is 0. The number of carbonyl (C=O) groups excluding carboxylic acids is 2. The number of benzene rings is 2. The molecular weight excluding hydrogens is 426 g/mol. The molecule has 0 spiro atoms. The summed E-state index contributed by atoms with van der Waals surface area (Å²) in [5.41, 5.74) is -0.536. The molecule has 0 radical (unpaired) electrons. The van der Waals surface area contributed by atoms with Crippen LogP contribution in [-0.2, 0) is 11.2 Å². The van der Waals surface area contributed by atoms with Crippen LogP contribution in [0.3, 0.4) is 0 Å². The van der Waals surface area contributed by atoms with Crippen molar-refractivity contribution in [1.29, 1.82) is 0 Å². The number of nitrogens with one attached hydrogen (secondary N) is 1. The van der Waals surface area contributed by atoms with E-state index < -0.39 is 22.4 Å². The molecule has 1 aliphatic rings. The van der Waals surface area contributed by atoms with E-state index in [0.717, 1.165) is 27.1 Å². The maximum atomic E-state index is 12.9. The summed E-state index contributed by atoms with van der Waals surface area (Å²) < 4.78 is 0.904. The van der Waals surface area contributed by atoms with Crippen LogP contribution < -0.4 is 10.2 Å². The topological polar surface area (TPSA) is 92.6 Å². The van der Waals surface area contributed by atoms with Gasteiger partial charge in [-0.15, -0.1) is 0 Å². The highest BCUT2D eigenvalue weighted by Crippen LogP contribution is 2.32. The van der Waals surface area contributed by atoms with Crippen molar-refractivity contribution in [2.75, 3.05) is 4.90 Å². The van der Waals surface area contributed by atoms with Gasteiger partial charge in [0.25, 0.3) is 11.6 Å². The van der Waals surface area contributed by atoms with Crippen LogP contribution >= 0.6 is 27.5 Å². The summed E-state index contributed by atoms with van der Waals surface area (Å²) in [5.74, 6) is -0.498. The molecule has 7 nitrogen and oxygen atoms in total. The summed E-state index contributed by atoms with van der Waals surface area (Å²) >= 11 is 9.25. The molecular formula is C17H13BrClN3O4. The van der Waals surface area contributed by atoms with Gasteiger partial charge in [0.05, 0.1) is 10.6 Å². The number of hydrogen-bond donors (Lipinski definition) is 1. The Morgan fingerprint density at radius 2 is 1.88 bits per heavy atom. The Morgan fingerprint density at radius 1 is 1.23 bits per heavy atom. The van der Waals surface area contributed by atoms with Crippen LogP contribution in [0.25, 0.3) is 0 Å². The van der Waals surface area contributed by atoms with E-state index in [2.05, 4.69) is 21.2 Å². The molecule has 9 heteroatoms. The third kappa shape index (κ3) is 3.42. The lowest BCUT2D eigenvalue weighted by atomic mass is 9.93. The summed E-state index contributed by atoms with van der Waals surface area (Å²) in [6.45, 7) is 1.62. The second-order valence-corrected chi connectivity index (χ2v) is 7.48. The fourth-order valence-corrected chi connectivity index (χ4v) is 3.33. The quantitative estimate of drug-likeness (QED) is 0.442. The number of non-ortho nitro benzene ring substituents is 1. The molecule has 1 fully saturated rings. The van der Waals surface area contributed by atoms with Crippen molar-refractivity contribution in [1.82, 2.24) is 5.32 Å². The molecule has 2 aromatic carbocycles. The minimum atomic E-state index is -1.16. The smallest absolute Gasteiger partial charge is 0.323 e. The van der Waals surface area contributed by atoms with Gasteiger partial charge in [-0.25, -0.2) is 9.69 Å². The van der Waals surface area contributed by atoms with Gasteiger partial charge in [0, 0.05) is 28.0 Å². The molecule has 0 aliphatic carbocycles. The molecule has 1 heterocycles. The summed E-state index contributed by atoms with van der Waals surface area (Å²) in [4.78, 5) is 36.6. The van der Waals surface area contributed by atoms with E-state index >= 15 is 0 Å². The third-order valence-electron chi connectivity index (χ3n) is 4.07. The summed E-state index contributed by atoms with van der Waals surface area (Å²) in [6, 6.07) is 10.4. The lowest BCUT2D eigenvalue weighted by molar-refractivity contribution is -0.384. The average molecular weight is 439 g/mol. The number of hydrogen-bond acceptors (Lipinski definition) is 4. The average Bonchev–Trinajstić information content (AvgIpc) is 2.78. The molecule has 1 atom stereocenters. The molecule has 1 N–H and O–H groups in total. The van der Waals surface area contributed by atoms with Gasteiger partial charge in [-0.3, -0.25) is 14.9 Å². The Morgan fingerprint density at radius 3 is 2.50 bits per heavy atom. The maximum absolute atomic E-state index is 12.9. The van der Waals surface area contributed by atoms with E-state index in [0.29, 0.717) is 0 Å². The van der Waals surface area contributed by atoms with Crippen molar-refractivity contribution >= 4 is 50.8 Å². The molecule has 0 saturated carbocycles. The van der Waals surface area contributed by atoms with E-state index in [1.54, 1.807) is 6.92 Å². The zero-order valence-electron chi connectivity index (χ0n) is 13.5. The number of imide groups is 1. The molecule has 26 heavy (non-hydrogen) atoms. The van der Waals surface area contributed by atoms with E-state index in [-0.39, 0.29) is 22.8 Å².